The number of hydrogen-bond donors (Lipinski definition) is 3. The van der Waals surface area contributed by atoms with Gasteiger partial charge in [0.05, 0.1) is 11.9 Å². The summed E-state index contributed by atoms with van der Waals surface area (Å²) in [5, 5.41) is 11.3. The number of imidazole rings is 1. The summed E-state index contributed by atoms with van der Waals surface area (Å²) < 4.78 is 0. The third-order valence-electron chi connectivity index (χ3n) is 2.67. The van der Waals surface area contributed by atoms with Gasteiger partial charge in [0.1, 0.15) is 0 Å². The number of H-pyrrole nitrogens is 1. The number of nitrogens with zero attached hydrogens (tertiary/aromatic N) is 2. The summed E-state index contributed by atoms with van der Waals surface area (Å²) in [5.74, 6) is -1.31. The maximum Gasteiger partial charge on any atom is 0.328 e. The van der Waals surface area contributed by atoms with E-state index >= 15 is 0 Å². The third kappa shape index (κ3) is 4.57. The fraction of sp³-hybridized carbons (Fsp3) is 0.143. The zero-order valence-corrected chi connectivity index (χ0v) is 11.1. The molecular formula is C14H14N4O3. The molecular weight excluding hydrogens is 272 g/mol. The molecule has 0 saturated carbocycles. The van der Waals surface area contributed by atoms with Crippen LogP contribution in [0.3, 0.4) is 0 Å². The SMILES string of the molecule is O=C(O)C=Cc1cncc(C(=O)NCCc2cnc[nH]2)c1. The minimum absolute atomic E-state index is 0.257. The first-order valence-electron chi connectivity index (χ1n) is 6.26. The van der Waals surface area contributed by atoms with Crippen LogP contribution in [0.5, 0.6) is 0 Å². The second-order valence-corrected chi connectivity index (χ2v) is 4.26. The lowest BCUT2D eigenvalue weighted by Gasteiger charge is -2.04. The molecule has 0 unspecified atom stereocenters. The maximum atomic E-state index is 11.9. The monoisotopic (exact) mass is 286 g/mol. The average molecular weight is 286 g/mol. The smallest absolute Gasteiger partial charge is 0.328 e. The Morgan fingerprint density at radius 1 is 1.29 bits per heavy atom. The number of hydrogen-bond acceptors (Lipinski definition) is 4. The van der Waals surface area contributed by atoms with Crippen LogP contribution in [0.2, 0.25) is 0 Å². The second kappa shape index (κ2) is 6.99. The minimum atomic E-state index is -1.05. The van der Waals surface area contributed by atoms with Crippen molar-refractivity contribution in [2.24, 2.45) is 0 Å². The summed E-state index contributed by atoms with van der Waals surface area (Å²) in [7, 11) is 0. The van der Waals surface area contributed by atoms with Crippen molar-refractivity contribution in [3.05, 3.63) is 53.9 Å². The molecule has 2 heterocycles. The van der Waals surface area contributed by atoms with Gasteiger partial charge in [-0.1, -0.05) is 0 Å². The van der Waals surface area contributed by atoms with Crippen molar-refractivity contribution < 1.29 is 14.7 Å². The van der Waals surface area contributed by atoms with E-state index in [0.29, 0.717) is 24.1 Å². The van der Waals surface area contributed by atoms with E-state index in [4.69, 9.17) is 5.11 Å². The number of aliphatic carboxylic acids is 1. The largest absolute Gasteiger partial charge is 0.478 e. The number of nitrogens with one attached hydrogen (secondary N) is 2. The number of amides is 1. The lowest BCUT2D eigenvalue weighted by molar-refractivity contribution is -0.131. The fourth-order valence-corrected chi connectivity index (χ4v) is 1.67. The summed E-state index contributed by atoms with van der Waals surface area (Å²) in [4.78, 5) is 33.2. The van der Waals surface area contributed by atoms with Gasteiger partial charge in [0, 0.05) is 43.3 Å². The summed E-state index contributed by atoms with van der Waals surface area (Å²) in [6, 6.07) is 1.58. The molecule has 108 valence electrons. The first kappa shape index (κ1) is 14.4. The summed E-state index contributed by atoms with van der Waals surface area (Å²) >= 11 is 0. The fourth-order valence-electron chi connectivity index (χ4n) is 1.67. The number of carboxylic acids is 1. The first-order valence-corrected chi connectivity index (χ1v) is 6.26. The molecule has 0 aromatic carbocycles. The quantitative estimate of drug-likeness (QED) is 0.683. The van der Waals surface area contributed by atoms with Gasteiger partial charge in [0.25, 0.3) is 5.91 Å². The van der Waals surface area contributed by atoms with E-state index in [1.807, 2.05) is 0 Å². The van der Waals surface area contributed by atoms with Gasteiger partial charge in [-0.15, -0.1) is 0 Å². The average Bonchev–Trinajstić information content (AvgIpc) is 2.98. The summed E-state index contributed by atoms with van der Waals surface area (Å²) in [5.41, 5.74) is 1.87. The van der Waals surface area contributed by atoms with Gasteiger partial charge in [-0.3, -0.25) is 9.78 Å². The van der Waals surface area contributed by atoms with E-state index in [1.54, 1.807) is 18.6 Å². The Bertz CT molecular complexity index is 650. The van der Waals surface area contributed by atoms with E-state index in [1.165, 1.54) is 18.5 Å². The van der Waals surface area contributed by atoms with Crippen LogP contribution in [0.25, 0.3) is 6.08 Å². The van der Waals surface area contributed by atoms with E-state index in [0.717, 1.165) is 11.8 Å². The van der Waals surface area contributed by atoms with Crippen molar-refractivity contribution in [2.75, 3.05) is 6.54 Å². The molecule has 2 aromatic heterocycles. The van der Waals surface area contributed by atoms with Gasteiger partial charge in [-0.05, 0) is 17.7 Å². The number of carbonyl (C=O) groups is 2. The summed E-state index contributed by atoms with van der Waals surface area (Å²) in [6.45, 7) is 0.468. The predicted molar refractivity (Wildman–Crippen MR) is 75.5 cm³/mol. The molecule has 0 fully saturated rings. The molecule has 0 aliphatic heterocycles. The Hall–Kier alpha value is -2.96. The highest BCUT2D eigenvalue weighted by atomic mass is 16.4. The molecule has 21 heavy (non-hydrogen) atoms. The number of carboxylic acid groups (broad SMARTS) is 1. The lowest BCUT2D eigenvalue weighted by Crippen LogP contribution is -2.25. The van der Waals surface area contributed by atoms with Crippen molar-refractivity contribution in [1.29, 1.82) is 0 Å². The highest BCUT2D eigenvalue weighted by Crippen LogP contribution is 2.05. The predicted octanol–water partition coefficient (Wildman–Crippen LogP) is 0.875. The third-order valence-corrected chi connectivity index (χ3v) is 2.67. The van der Waals surface area contributed by atoms with Crippen LogP contribution < -0.4 is 5.32 Å². The van der Waals surface area contributed by atoms with Crippen LogP contribution in [-0.4, -0.2) is 38.5 Å². The normalized spacial score (nSPS) is 10.7. The maximum absolute atomic E-state index is 11.9. The van der Waals surface area contributed by atoms with Crippen LogP contribution >= 0.6 is 0 Å². The minimum Gasteiger partial charge on any atom is -0.478 e. The molecule has 0 spiro atoms. The van der Waals surface area contributed by atoms with Gasteiger partial charge in [-0.2, -0.15) is 0 Å². The molecule has 7 nitrogen and oxygen atoms in total. The Labute approximate surface area is 120 Å². The number of aromatic nitrogens is 3. The Balaban J connectivity index is 1.92. The first-order chi connectivity index (χ1) is 10.1. The molecule has 0 radical (unpaired) electrons. The van der Waals surface area contributed by atoms with Crippen LogP contribution in [-0.2, 0) is 11.2 Å². The van der Waals surface area contributed by atoms with Gasteiger partial charge in [0.2, 0.25) is 0 Å². The van der Waals surface area contributed by atoms with E-state index in [2.05, 4.69) is 20.3 Å². The molecule has 3 N–H and O–H groups in total. The summed E-state index contributed by atoms with van der Waals surface area (Å²) in [6.07, 6.45) is 9.24. The van der Waals surface area contributed by atoms with Crippen molar-refractivity contribution >= 4 is 18.0 Å². The molecule has 0 saturated heterocycles. The van der Waals surface area contributed by atoms with Crippen LogP contribution in [0.4, 0.5) is 0 Å². The number of pyridine rings is 1. The molecule has 2 aromatic rings. The number of carbonyl (C=O) groups excluding carboxylic acids is 1. The van der Waals surface area contributed by atoms with E-state index in [-0.39, 0.29) is 5.91 Å². The highest BCUT2D eigenvalue weighted by Gasteiger charge is 2.06. The highest BCUT2D eigenvalue weighted by molar-refractivity contribution is 5.94. The van der Waals surface area contributed by atoms with Gasteiger partial charge in [0.15, 0.2) is 0 Å². The van der Waals surface area contributed by atoms with Gasteiger partial charge in [-0.25, -0.2) is 9.78 Å². The second-order valence-electron chi connectivity index (χ2n) is 4.26. The molecule has 2 rings (SSSR count). The standard InChI is InChI=1S/C14H14N4O3/c19-13(20)2-1-10-5-11(7-15-6-10)14(21)17-4-3-12-8-16-9-18-12/h1-2,5-9H,3-4H2,(H,16,18)(H,17,21)(H,19,20). The number of aromatic amines is 1. The molecule has 0 aliphatic carbocycles. The van der Waals surface area contributed by atoms with Gasteiger partial charge < -0.3 is 15.4 Å². The molecule has 0 aliphatic rings. The van der Waals surface area contributed by atoms with Crippen molar-refractivity contribution in [1.82, 2.24) is 20.3 Å². The Morgan fingerprint density at radius 2 is 2.14 bits per heavy atom. The van der Waals surface area contributed by atoms with Crippen LogP contribution in [0.15, 0.2) is 37.1 Å². The Morgan fingerprint density at radius 3 is 2.86 bits per heavy atom. The Kier molecular flexibility index (Phi) is 4.81. The lowest BCUT2D eigenvalue weighted by atomic mass is 10.2. The van der Waals surface area contributed by atoms with Crippen molar-refractivity contribution in [3.8, 4) is 0 Å². The molecule has 0 bridgehead atoms. The zero-order valence-electron chi connectivity index (χ0n) is 11.1. The topological polar surface area (TPSA) is 108 Å². The molecule has 1 amide bonds. The van der Waals surface area contributed by atoms with Crippen LogP contribution in [0, 0.1) is 0 Å². The van der Waals surface area contributed by atoms with Crippen molar-refractivity contribution in [2.45, 2.75) is 6.42 Å². The van der Waals surface area contributed by atoms with Gasteiger partial charge >= 0.3 is 5.97 Å². The molecule has 7 heteroatoms. The van der Waals surface area contributed by atoms with Crippen LogP contribution in [0.1, 0.15) is 21.6 Å². The molecule has 0 atom stereocenters. The van der Waals surface area contributed by atoms with E-state index in [9.17, 15) is 9.59 Å². The number of rotatable bonds is 6. The van der Waals surface area contributed by atoms with Crippen molar-refractivity contribution in [3.63, 3.8) is 0 Å². The van der Waals surface area contributed by atoms with E-state index < -0.39 is 5.97 Å². The zero-order chi connectivity index (χ0) is 15.1.